The molecule has 5 saturated carbocycles. The molecule has 5 heteroatoms. The summed E-state index contributed by atoms with van der Waals surface area (Å²) in [7, 11) is 0. The molecule has 5 aliphatic carbocycles. The number of hydrogen-bond donors (Lipinski definition) is 1. The molecule has 4 unspecified atom stereocenters. The average molecular weight is 611 g/mol. The van der Waals surface area contributed by atoms with Crippen LogP contribution >= 0.6 is 0 Å². The molecule has 0 amide bonds. The van der Waals surface area contributed by atoms with Crippen molar-refractivity contribution in [3.05, 3.63) is 12.2 Å². The minimum absolute atomic E-state index is 0.0409. The second-order valence-corrected chi connectivity index (χ2v) is 18.7. The number of carbonyl (C=O) groups excluding carboxylic acids is 2. The van der Waals surface area contributed by atoms with Gasteiger partial charge in [-0.15, -0.1) is 0 Å². The first-order valence-electron chi connectivity index (χ1n) is 17.8. The van der Waals surface area contributed by atoms with E-state index < -0.39 is 11.4 Å². The van der Waals surface area contributed by atoms with Crippen molar-refractivity contribution >= 4 is 17.7 Å². The van der Waals surface area contributed by atoms with E-state index in [1.54, 1.807) is 6.92 Å². The molecule has 1 N–H and O–H groups in total. The second-order valence-electron chi connectivity index (χ2n) is 18.7. The van der Waals surface area contributed by atoms with E-state index in [9.17, 15) is 19.5 Å². The van der Waals surface area contributed by atoms with Gasteiger partial charge in [-0.3, -0.25) is 9.59 Å². The Labute approximate surface area is 267 Å². The van der Waals surface area contributed by atoms with E-state index in [1.807, 2.05) is 13.8 Å². The monoisotopic (exact) mass is 610 g/mol. The van der Waals surface area contributed by atoms with E-state index >= 15 is 0 Å². The minimum Gasteiger partial charge on any atom is -0.481 e. The lowest BCUT2D eigenvalue weighted by atomic mass is 9.32. The maximum atomic E-state index is 13.1. The van der Waals surface area contributed by atoms with Gasteiger partial charge in [-0.25, -0.2) is 0 Å². The number of hydrogen-bond acceptors (Lipinski definition) is 4. The topological polar surface area (TPSA) is 80.7 Å². The summed E-state index contributed by atoms with van der Waals surface area (Å²) in [6.45, 7) is 24.7. The zero-order valence-corrected chi connectivity index (χ0v) is 29.4. The summed E-state index contributed by atoms with van der Waals surface area (Å²) >= 11 is 0. The van der Waals surface area contributed by atoms with Crippen molar-refractivity contribution in [2.24, 2.45) is 62.1 Å². The van der Waals surface area contributed by atoms with Crippen molar-refractivity contribution in [3.63, 3.8) is 0 Å². The molecule has 5 rings (SSSR count). The highest BCUT2D eigenvalue weighted by atomic mass is 16.5. The number of carboxylic acid groups (broad SMARTS) is 1. The molecular weight excluding hydrogens is 548 g/mol. The van der Waals surface area contributed by atoms with Crippen molar-refractivity contribution in [1.82, 2.24) is 0 Å². The summed E-state index contributed by atoms with van der Waals surface area (Å²) in [6, 6.07) is 0. The van der Waals surface area contributed by atoms with Crippen LogP contribution in [0.15, 0.2) is 12.2 Å². The summed E-state index contributed by atoms with van der Waals surface area (Å²) < 4.78 is 6.24. The summed E-state index contributed by atoms with van der Waals surface area (Å²) in [4.78, 5) is 37.1. The first-order valence-corrected chi connectivity index (χ1v) is 17.8. The van der Waals surface area contributed by atoms with Crippen LogP contribution in [0.25, 0.3) is 0 Å². The van der Waals surface area contributed by atoms with Gasteiger partial charge in [-0.1, -0.05) is 60.6 Å². The largest absolute Gasteiger partial charge is 0.481 e. The number of carbonyl (C=O) groups is 3. The van der Waals surface area contributed by atoms with Gasteiger partial charge in [0.15, 0.2) is 0 Å². The van der Waals surface area contributed by atoms with Crippen LogP contribution in [0.2, 0.25) is 0 Å². The standard InChI is InChI=1S/C39H62O5/c1-24(2)26-13-18-39(21-25(3)40)20-19-37(9)27(33(26)39)11-12-29-36(8)16-15-30(35(6,7)28(36)14-17-38(29,37)10)44-32(43)23-34(4,5)22-31(41)42/h26-30,33H,1,11-23H2,2-10H3,(H,41,42)/t26-,27?,28?,29?,30-,33?,36-,37+,38+,39+/m0/s1. The molecule has 0 aliphatic heterocycles. The fourth-order valence-electron chi connectivity index (χ4n) is 13.3. The number of Topliss-reactive ketones (excluding diaryl/α,β-unsaturated/α-hetero) is 1. The van der Waals surface area contributed by atoms with E-state index in [0.29, 0.717) is 35.4 Å². The molecule has 0 heterocycles. The number of carboxylic acids is 1. The summed E-state index contributed by atoms with van der Waals surface area (Å²) in [5.74, 6) is 2.08. The highest BCUT2D eigenvalue weighted by Gasteiger charge is 2.71. The van der Waals surface area contributed by atoms with E-state index in [4.69, 9.17) is 4.74 Å². The number of esters is 1. The molecular formula is C39H62O5. The van der Waals surface area contributed by atoms with Crippen LogP contribution in [0.1, 0.15) is 146 Å². The maximum Gasteiger partial charge on any atom is 0.306 e. The van der Waals surface area contributed by atoms with Crippen LogP contribution in [0.5, 0.6) is 0 Å². The molecule has 0 aromatic heterocycles. The Balaban J connectivity index is 1.40. The maximum absolute atomic E-state index is 13.1. The predicted molar refractivity (Wildman–Crippen MR) is 175 cm³/mol. The Hall–Kier alpha value is -1.65. The number of aliphatic carboxylic acids is 1. The van der Waals surface area contributed by atoms with Crippen LogP contribution in [0.3, 0.4) is 0 Å². The molecule has 5 nitrogen and oxygen atoms in total. The third-order valence-electron chi connectivity index (χ3n) is 15.3. The lowest BCUT2D eigenvalue weighted by Crippen LogP contribution is -2.66. The van der Waals surface area contributed by atoms with Gasteiger partial charge in [0.25, 0.3) is 0 Å². The third-order valence-corrected chi connectivity index (χ3v) is 15.3. The average Bonchev–Trinajstić information content (AvgIpc) is 3.24. The lowest BCUT2D eigenvalue weighted by molar-refractivity contribution is -0.250. The molecule has 10 atom stereocenters. The first kappa shape index (κ1) is 33.7. The summed E-state index contributed by atoms with van der Waals surface area (Å²) in [5.41, 5.74) is 1.40. The fraction of sp³-hybridized carbons (Fsp3) is 0.872. The Bertz CT molecular complexity index is 1200. The van der Waals surface area contributed by atoms with Crippen LogP contribution < -0.4 is 0 Å². The van der Waals surface area contributed by atoms with Gasteiger partial charge in [-0.2, -0.15) is 0 Å². The minimum atomic E-state index is -0.879. The summed E-state index contributed by atoms with van der Waals surface area (Å²) in [5, 5.41) is 9.29. The Morgan fingerprint density at radius 1 is 0.818 bits per heavy atom. The van der Waals surface area contributed by atoms with Gasteiger partial charge in [0.2, 0.25) is 0 Å². The van der Waals surface area contributed by atoms with Gasteiger partial charge < -0.3 is 14.6 Å². The molecule has 248 valence electrons. The zero-order chi connectivity index (χ0) is 32.7. The van der Waals surface area contributed by atoms with Gasteiger partial charge in [0.05, 0.1) is 12.8 Å². The third kappa shape index (κ3) is 5.13. The Kier molecular flexibility index (Phi) is 8.40. The Morgan fingerprint density at radius 2 is 1.50 bits per heavy atom. The molecule has 0 spiro atoms. The van der Waals surface area contributed by atoms with E-state index in [0.717, 1.165) is 25.7 Å². The van der Waals surface area contributed by atoms with E-state index in [2.05, 4.69) is 48.1 Å². The number of ether oxygens (including phenoxy) is 1. The van der Waals surface area contributed by atoms with Gasteiger partial charge in [0, 0.05) is 11.8 Å². The van der Waals surface area contributed by atoms with Gasteiger partial charge in [0.1, 0.15) is 11.9 Å². The van der Waals surface area contributed by atoms with Crippen molar-refractivity contribution in [2.75, 3.05) is 0 Å². The summed E-state index contributed by atoms with van der Waals surface area (Å²) in [6.07, 6.45) is 12.3. The van der Waals surface area contributed by atoms with Crippen molar-refractivity contribution < 1.29 is 24.2 Å². The van der Waals surface area contributed by atoms with E-state index in [-0.39, 0.29) is 52.0 Å². The fourth-order valence-corrected chi connectivity index (χ4v) is 13.3. The Morgan fingerprint density at radius 3 is 2.11 bits per heavy atom. The lowest BCUT2D eigenvalue weighted by Gasteiger charge is -2.73. The number of allylic oxidation sites excluding steroid dienone is 1. The van der Waals surface area contributed by atoms with Crippen LogP contribution in [0.4, 0.5) is 0 Å². The number of fused-ring (bicyclic) bond motifs is 7. The molecule has 5 aliphatic rings. The van der Waals surface area contributed by atoms with Crippen molar-refractivity contribution in [3.8, 4) is 0 Å². The molecule has 5 fully saturated rings. The molecule has 44 heavy (non-hydrogen) atoms. The molecule has 0 bridgehead atoms. The predicted octanol–water partition coefficient (Wildman–Crippen LogP) is 9.43. The van der Waals surface area contributed by atoms with Gasteiger partial charge >= 0.3 is 11.9 Å². The zero-order valence-electron chi connectivity index (χ0n) is 29.4. The van der Waals surface area contributed by atoms with Gasteiger partial charge in [-0.05, 0) is 135 Å². The number of ketones is 1. The van der Waals surface area contributed by atoms with Crippen LogP contribution in [-0.2, 0) is 19.1 Å². The van der Waals surface area contributed by atoms with Crippen molar-refractivity contribution in [2.45, 2.75) is 152 Å². The second kappa shape index (κ2) is 11.0. The SMILES string of the molecule is C=C(C)[C@@H]1CC[C@]2(CC(C)=O)CC[C@]3(C)C(CCC4[C@@]5(C)CC[C@H](OC(=O)CC(C)(C)CC(=O)O)C(C)(C)C5CC[C@]43C)C12. The molecule has 0 aromatic carbocycles. The normalized spacial score (nSPS) is 44.4. The quantitative estimate of drug-likeness (QED) is 0.219. The first-order chi connectivity index (χ1) is 20.2. The van der Waals surface area contributed by atoms with Crippen molar-refractivity contribution in [1.29, 1.82) is 0 Å². The van der Waals surface area contributed by atoms with Crippen LogP contribution in [0, 0.1) is 62.1 Å². The van der Waals surface area contributed by atoms with E-state index in [1.165, 1.54) is 50.5 Å². The highest BCUT2D eigenvalue weighted by Crippen LogP contribution is 2.78. The van der Waals surface area contributed by atoms with Crippen LogP contribution in [-0.4, -0.2) is 28.9 Å². The highest BCUT2D eigenvalue weighted by molar-refractivity contribution is 5.76. The molecule has 0 aromatic rings. The molecule has 0 radical (unpaired) electrons. The smallest absolute Gasteiger partial charge is 0.306 e. The number of rotatable bonds is 8. The molecule has 0 saturated heterocycles.